The average molecular weight is 380 g/mol. The van der Waals surface area contributed by atoms with E-state index in [9.17, 15) is 0 Å². The Morgan fingerprint density at radius 1 is 1.18 bits per heavy atom. The zero-order valence-electron chi connectivity index (χ0n) is 16.2. The van der Waals surface area contributed by atoms with E-state index in [-0.39, 0.29) is 0 Å². The molecule has 146 valence electrons. The summed E-state index contributed by atoms with van der Waals surface area (Å²) >= 11 is 0. The zero-order chi connectivity index (χ0) is 19.8. The first-order chi connectivity index (χ1) is 13.7. The minimum atomic E-state index is 0.582. The Labute approximate surface area is 164 Å². The lowest BCUT2D eigenvalue weighted by atomic mass is 10.2. The molecule has 28 heavy (non-hydrogen) atoms. The van der Waals surface area contributed by atoms with E-state index in [1.807, 2.05) is 49.5 Å². The molecule has 3 rings (SSSR count). The second-order valence-corrected chi connectivity index (χ2v) is 5.82. The van der Waals surface area contributed by atoms with Gasteiger partial charge in [-0.25, -0.2) is 9.67 Å². The molecule has 0 atom stereocenters. The van der Waals surface area contributed by atoms with Crippen LogP contribution in [0.4, 0.5) is 5.69 Å². The Bertz CT molecular complexity index is 924. The van der Waals surface area contributed by atoms with Crippen LogP contribution in [0.1, 0.15) is 12.5 Å². The summed E-state index contributed by atoms with van der Waals surface area (Å²) in [4.78, 5) is 8.61. The van der Waals surface area contributed by atoms with Gasteiger partial charge in [-0.3, -0.25) is 4.99 Å². The lowest BCUT2D eigenvalue weighted by Crippen LogP contribution is -2.30. The number of rotatable bonds is 7. The molecule has 0 aliphatic heterocycles. The van der Waals surface area contributed by atoms with Crippen LogP contribution in [0.15, 0.2) is 60.0 Å². The van der Waals surface area contributed by atoms with Crippen molar-refractivity contribution in [1.82, 2.24) is 20.1 Å². The van der Waals surface area contributed by atoms with Crippen molar-refractivity contribution in [2.75, 3.05) is 26.1 Å². The van der Waals surface area contributed by atoms with Crippen LogP contribution in [0.5, 0.6) is 11.5 Å². The standard InChI is InChI=1S/C20H24N6O2/c1-4-28-17-7-6-16(13-18(17)27-3)25-20(21-2)23-14-15-8-10-22-19(12-15)26-11-5-9-24-26/h5-13H,4,14H2,1-3H3,(H2,21,23,25). The van der Waals surface area contributed by atoms with E-state index < -0.39 is 0 Å². The molecule has 3 aromatic rings. The molecular formula is C20H24N6O2. The van der Waals surface area contributed by atoms with E-state index in [0.717, 1.165) is 17.1 Å². The highest BCUT2D eigenvalue weighted by Gasteiger charge is 2.07. The second kappa shape index (κ2) is 9.40. The third kappa shape index (κ3) is 4.79. The van der Waals surface area contributed by atoms with Crippen LogP contribution in [0.3, 0.4) is 0 Å². The van der Waals surface area contributed by atoms with E-state index in [4.69, 9.17) is 9.47 Å². The molecule has 8 nitrogen and oxygen atoms in total. The van der Waals surface area contributed by atoms with Crippen LogP contribution >= 0.6 is 0 Å². The number of nitrogens with one attached hydrogen (secondary N) is 2. The van der Waals surface area contributed by atoms with Crippen molar-refractivity contribution in [3.05, 3.63) is 60.6 Å². The maximum Gasteiger partial charge on any atom is 0.195 e. The zero-order valence-corrected chi connectivity index (χ0v) is 16.2. The van der Waals surface area contributed by atoms with Gasteiger partial charge in [0.2, 0.25) is 0 Å². The van der Waals surface area contributed by atoms with Gasteiger partial charge in [0.25, 0.3) is 0 Å². The number of benzene rings is 1. The molecule has 0 aliphatic carbocycles. The van der Waals surface area contributed by atoms with Gasteiger partial charge in [0, 0.05) is 43.9 Å². The first kappa shape index (κ1) is 19.2. The monoisotopic (exact) mass is 380 g/mol. The summed E-state index contributed by atoms with van der Waals surface area (Å²) in [7, 11) is 3.35. The molecule has 2 N–H and O–H groups in total. The Kier molecular flexibility index (Phi) is 6.46. The van der Waals surface area contributed by atoms with Crippen molar-refractivity contribution in [3.8, 4) is 17.3 Å². The van der Waals surface area contributed by atoms with E-state index in [1.54, 1.807) is 31.2 Å². The molecule has 8 heteroatoms. The highest BCUT2D eigenvalue weighted by atomic mass is 16.5. The van der Waals surface area contributed by atoms with E-state index in [2.05, 4.69) is 25.7 Å². The molecule has 1 aromatic carbocycles. The van der Waals surface area contributed by atoms with Gasteiger partial charge in [-0.15, -0.1) is 0 Å². The third-order valence-electron chi connectivity index (χ3n) is 3.96. The highest BCUT2D eigenvalue weighted by Crippen LogP contribution is 2.30. The van der Waals surface area contributed by atoms with Gasteiger partial charge in [0.05, 0.1) is 13.7 Å². The second-order valence-electron chi connectivity index (χ2n) is 5.82. The van der Waals surface area contributed by atoms with Crippen molar-refractivity contribution in [2.24, 2.45) is 4.99 Å². The minimum Gasteiger partial charge on any atom is -0.493 e. The van der Waals surface area contributed by atoms with Crippen molar-refractivity contribution >= 4 is 11.6 Å². The molecule has 0 unspecified atom stereocenters. The maximum atomic E-state index is 5.55. The number of pyridine rings is 1. The maximum absolute atomic E-state index is 5.55. The van der Waals surface area contributed by atoms with Gasteiger partial charge in [0.1, 0.15) is 0 Å². The summed E-state index contributed by atoms with van der Waals surface area (Å²) < 4.78 is 12.7. The van der Waals surface area contributed by atoms with Crippen molar-refractivity contribution in [3.63, 3.8) is 0 Å². The van der Waals surface area contributed by atoms with E-state index in [0.29, 0.717) is 30.6 Å². The highest BCUT2D eigenvalue weighted by molar-refractivity contribution is 5.93. The number of anilines is 1. The summed E-state index contributed by atoms with van der Waals surface area (Å²) in [5, 5.41) is 10.8. The largest absolute Gasteiger partial charge is 0.493 e. The number of aromatic nitrogens is 3. The molecule has 0 saturated carbocycles. The van der Waals surface area contributed by atoms with E-state index >= 15 is 0 Å². The summed E-state index contributed by atoms with van der Waals surface area (Å²) in [5.74, 6) is 2.79. The number of guanidine groups is 1. The Morgan fingerprint density at radius 2 is 2.07 bits per heavy atom. The normalized spacial score (nSPS) is 11.2. The molecule has 0 aliphatic rings. The summed E-state index contributed by atoms with van der Waals surface area (Å²) in [6.45, 7) is 3.11. The number of hydrogen-bond acceptors (Lipinski definition) is 5. The average Bonchev–Trinajstić information content (AvgIpc) is 3.27. The Morgan fingerprint density at radius 3 is 2.79 bits per heavy atom. The van der Waals surface area contributed by atoms with Crippen LogP contribution in [0.2, 0.25) is 0 Å². The lowest BCUT2D eigenvalue weighted by Gasteiger charge is -2.15. The van der Waals surface area contributed by atoms with Crippen molar-refractivity contribution in [2.45, 2.75) is 13.5 Å². The van der Waals surface area contributed by atoms with Gasteiger partial charge in [-0.2, -0.15) is 5.10 Å². The van der Waals surface area contributed by atoms with Gasteiger partial charge in [-0.05, 0) is 42.8 Å². The number of hydrogen-bond donors (Lipinski definition) is 2. The molecule has 0 spiro atoms. The molecule has 0 radical (unpaired) electrons. The van der Waals surface area contributed by atoms with E-state index in [1.165, 1.54) is 0 Å². The van der Waals surface area contributed by atoms with Crippen molar-refractivity contribution in [1.29, 1.82) is 0 Å². The van der Waals surface area contributed by atoms with Gasteiger partial charge < -0.3 is 20.1 Å². The van der Waals surface area contributed by atoms with Gasteiger partial charge >= 0.3 is 0 Å². The predicted octanol–water partition coefficient (Wildman–Crippen LogP) is 2.86. The summed E-state index contributed by atoms with van der Waals surface area (Å²) in [6.07, 6.45) is 5.35. The molecule has 2 aromatic heterocycles. The topological polar surface area (TPSA) is 85.6 Å². The third-order valence-corrected chi connectivity index (χ3v) is 3.96. The van der Waals surface area contributed by atoms with Crippen LogP contribution in [0, 0.1) is 0 Å². The summed E-state index contributed by atoms with van der Waals surface area (Å²) in [6, 6.07) is 11.5. The minimum absolute atomic E-state index is 0.582. The number of nitrogens with zero attached hydrogens (tertiary/aromatic N) is 4. The van der Waals surface area contributed by atoms with Crippen LogP contribution in [0.25, 0.3) is 5.82 Å². The van der Waals surface area contributed by atoms with Gasteiger partial charge in [0.15, 0.2) is 23.3 Å². The molecule has 2 heterocycles. The Balaban J connectivity index is 1.65. The molecule has 0 fully saturated rings. The van der Waals surface area contributed by atoms with Gasteiger partial charge in [-0.1, -0.05) is 0 Å². The first-order valence-corrected chi connectivity index (χ1v) is 8.97. The van der Waals surface area contributed by atoms with Crippen molar-refractivity contribution < 1.29 is 9.47 Å². The molecular weight excluding hydrogens is 356 g/mol. The number of ether oxygens (including phenoxy) is 2. The number of aliphatic imine (C=N–C) groups is 1. The number of methoxy groups -OCH3 is 1. The Hall–Kier alpha value is -3.55. The SMILES string of the molecule is CCOc1ccc(NC(=NC)NCc2ccnc(-n3cccn3)c2)cc1OC. The fourth-order valence-corrected chi connectivity index (χ4v) is 2.62. The van der Waals surface area contributed by atoms with Crippen LogP contribution in [-0.2, 0) is 6.54 Å². The fraction of sp³-hybridized carbons (Fsp3) is 0.250. The van der Waals surface area contributed by atoms with Crippen LogP contribution < -0.4 is 20.1 Å². The quantitative estimate of drug-likeness (QED) is 0.484. The summed E-state index contributed by atoms with van der Waals surface area (Å²) in [5.41, 5.74) is 1.91. The van der Waals surface area contributed by atoms with Crippen LogP contribution in [-0.4, -0.2) is 41.5 Å². The fourth-order valence-electron chi connectivity index (χ4n) is 2.62. The smallest absolute Gasteiger partial charge is 0.195 e. The molecule has 0 saturated heterocycles. The predicted molar refractivity (Wildman–Crippen MR) is 109 cm³/mol. The molecule has 0 amide bonds. The molecule has 0 bridgehead atoms. The first-order valence-electron chi connectivity index (χ1n) is 8.97. The lowest BCUT2D eigenvalue weighted by molar-refractivity contribution is 0.311.